The molecule has 1 aliphatic rings. The van der Waals surface area contributed by atoms with Crippen molar-refractivity contribution in [2.45, 2.75) is 25.7 Å². The second-order valence-electron chi connectivity index (χ2n) is 3.98. The van der Waals surface area contributed by atoms with Crippen LogP contribution in [-0.4, -0.2) is 6.29 Å². The van der Waals surface area contributed by atoms with Gasteiger partial charge in [0, 0.05) is 5.41 Å². The molecule has 0 radical (unpaired) electrons. The molecule has 0 amide bonds. The summed E-state index contributed by atoms with van der Waals surface area (Å²) in [6.45, 7) is 2.15. The average Bonchev–Trinajstić information content (AvgIpc) is 2.99. The molecule has 0 aliphatic heterocycles. The maximum Gasteiger partial charge on any atom is 0.126 e. The van der Waals surface area contributed by atoms with E-state index < -0.39 is 0 Å². The number of hydrogen-bond donors (Lipinski definition) is 0. The Morgan fingerprint density at radius 3 is 2.38 bits per heavy atom. The predicted molar refractivity (Wildman–Crippen MR) is 52.6 cm³/mol. The van der Waals surface area contributed by atoms with Gasteiger partial charge in [-0.15, -0.1) is 0 Å². The summed E-state index contributed by atoms with van der Waals surface area (Å²) in [4.78, 5) is 10.9. The smallest absolute Gasteiger partial charge is 0.126 e. The lowest BCUT2D eigenvalue weighted by Gasteiger charge is -2.17. The van der Waals surface area contributed by atoms with Crippen molar-refractivity contribution in [2.75, 3.05) is 0 Å². The van der Waals surface area contributed by atoms with Gasteiger partial charge in [0.1, 0.15) is 6.29 Å². The molecule has 13 heavy (non-hydrogen) atoms. The van der Waals surface area contributed by atoms with E-state index in [1.807, 2.05) is 18.2 Å². The monoisotopic (exact) mass is 174 g/mol. The van der Waals surface area contributed by atoms with E-state index in [0.717, 1.165) is 19.1 Å². The van der Waals surface area contributed by atoms with Gasteiger partial charge in [-0.3, -0.25) is 0 Å². The summed E-state index contributed by atoms with van der Waals surface area (Å²) in [5, 5.41) is 0. The lowest BCUT2D eigenvalue weighted by atomic mass is 9.86. The van der Waals surface area contributed by atoms with Gasteiger partial charge < -0.3 is 4.79 Å². The minimum Gasteiger partial charge on any atom is -0.303 e. The zero-order chi connectivity index (χ0) is 9.31. The van der Waals surface area contributed by atoms with Crippen molar-refractivity contribution in [3.8, 4) is 0 Å². The first kappa shape index (κ1) is 8.49. The summed E-state index contributed by atoms with van der Waals surface area (Å²) in [5.41, 5.74) is 1.26. The zero-order valence-corrected chi connectivity index (χ0v) is 7.86. The van der Waals surface area contributed by atoms with Crippen LogP contribution in [0.3, 0.4) is 0 Å². The van der Waals surface area contributed by atoms with Crippen LogP contribution in [0.2, 0.25) is 0 Å². The maximum atomic E-state index is 10.9. The van der Waals surface area contributed by atoms with E-state index in [1.54, 1.807) is 0 Å². The largest absolute Gasteiger partial charge is 0.303 e. The summed E-state index contributed by atoms with van der Waals surface area (Å²) in [6.07, 6.45) is 3.27. The molecule has 0 bridgehead atoms. The third kappa shape index (κ3) is 1.39. The molecule has 2 rings (SSSR count). The quantitative estimate of drug-likeness (QED) is 0.644. The van der Waals surface area contributed by atoms with Crippen molar-refractivity contribution in [1.82, 2.24) is 0 Å². The number of hydrogen-bond acceptors (Lipinski definition) is 1. The molecular formula is C12H14O. The number of carbonyl (C=O) groups excluding carboxylic acids is 1. The number of rotatable bonds is 3. The second kappa shape index (κ2) is 2.99. The van der Waals surface area contributed by atoms with Crippen molar-refractivity contribution in [1.29, 1.82) is 0 Å². The fraction of sp³-hybridized carbons (Fsp3) is 0.417. The lowest BCUT2D eigenvalue weighted by molar-refractivity contribution is -0.112. The number of benzene rings is 1. The van der Waals surface area contributed by atoms with Crippen LogP contribution in [0, 0.1) is 5.41 Å². The molecule has 1 nitrogen and oxygen atoms in total. The molecule has 1 aromatic rings. The van der Waals surface area contributed by atoms with E-state index in [9.17, 15) is 4.79 Å². The van der Waals surface area contributed by atoms with Crippen LogP contribution in [0.5, 0.6) is 0 Å². The molecule has 1 heteroatoms. The van der Waals surface area contributed by atoms with Crippen LogP contribution < -0.4 is 0 Å². The van der Waals surface area contributed by atoms with Gasteiger partial charge in [-0.25, -0.2) is 0 Å². The highest BCUT2D eigenvalue weighted by Gasteiger charge is 2.47. The van der Waals surface area contributed by atoms with E-state index in [-0.39, 0.29) is 5.41 Å². The van der Waals surface area contributed by atoms with Crippen LogP contribution in [-0.2, 0) is 4.79 Å². The van der Waals surface area contributed by atoms with Gasteiger partial charge in [0.05, 0.1) is 0 Å². The van der Waals surface area contributed by atoms with E-state index >= 15 is 0 Å². The highest BCUT2D eigenvalue weighted by Crippen LogP contribution is 2.54. The van der Waals surface area contributed by atoms with Crippen LogP contribution in [0.25, 0.3) is 0 Å². The molecule has 0 heterocycles. The zero-order valence-electron chi connectivity index (χ0n) is 7.86. The molecule has 1 unspecified atom stereocenters. The SMILES string of the molecule is CC(c1ccccc1)C1(C=O)CC1. The third-order valence-corrected chi connectivity index (χ3v) is 3.22. The van der Waals surface area contributed by atoms with Crippen molar-refractivity contribution >= 4 is 6.29 Å². The van der Waals surface area contributed by atoms with Crippen molar-refractivity contribution in [3.63, 3.8) is 0 Å². The normalized spacial score (nSPS) is 20.7. The Kier molecular flexibility index (Phi) is 1.95. The Hall–Kier alpha value is -1.11. The van der Waals surface area contributed by atoms with E-state index in [0.29, 0.717) is 5.92 Å². The second-order valence-corrected chi connectivity index (χ2v) is 3.98. The standard InChI is InChI=1S/C12H14O/c1-10(12(9-13)7-8-12)11-5-3-2-4-6-11/h2-6,9-10H,7-8H2,1H3. The summed E-state index contributed by atoms with van der Waals surface area (Å²) in [5.74, 6) is 0.381. The van der Waals surface area contributed by atoms with Gasteiger partial charge >= 0.3 is 0 Å². The molecule has 1 aromatic carbocycles. The number of carbonyl (C=O) groups is 1. The summed E-state index contributed by atoms with van der Waals surface area (Å²) in [6, 6.07) is 10.3. The third-order valence-electron chi connectivity index (χ3n) is 3.22. The van der Waals surface area contributed by atoms with Crippen LogP contribution >= 0.6 is 0 Å². The van der Waals surface area contributed by atoms with Gasteiger partial charge in [0.2, 0.25) is 0 Å². The van der Waals surface area contributed by atoms with Gasteiger partial charge in [0.15, 0.2) is 0 Å². The molecule has 0 aromatic heterocycles. The van der Waals surface area contributed by atoms with Crippen molar-refractivity contribution < 1.29 is 4.79 Å². The molecule has 1 aliphatic carbocycles. The predicted octanol–water partition coefficient (Wildman–Crippen LogP) is 2.77. The summed E-state index contributed by atoms with van der Waals surface area (Å²) >= 11 is 0. The highest BCUT2D eigenvalue weighted by molar-refractivity contribution is 5.65. The Bertz CT molecular complexity index is 298. The summed E-state index contributed by atoms with van der Waals surface area (Å²) in [7, 11) is 0. The van der Waals surface area contributed by atoms with Gasteiger partial charge in [-0.05, 0) is 24.3 Å². The maximum absolute atomic E-state index is 10.9. The average molecular weight is 174 g/mol. The molecule has 1 saturated carbocycles. The highest BCUT2D eigenvalue weighted by atomic mass is 16.1. The molecule has 1 fully saturated rings. The number of aldehydes is 1. The first-order valence-corrected chi connectivity index (χ1v) is 4.80. The molecule has 68 valence electrons. The molecule has 0 spiro atoms. The van der Waals surface area contributed by atoms with E-state index in [4.69, 9.17) is 0 Å². The van der Waals surface area contributed by atoms with Crippen LogP contribution in [0.1, 0.15) is 31.2 Å². The molecular weight excluding hydrogens is 160 g/mol. The Balaban J connectivity index is 2.23. The van der Waals surface area contributed by atoms with Crippen LogP contribution in [0.15, 0.2) is 30.3 Å². The minimum absolute atomic E-state index is 0.0264. The fourth-order valence-corrected chi connectivity index (χ4v) is 1.87. The Labute approximate surface area is 78.8 Å². The van der Waals surface area contributed by atoms with Gasteiger partial charge in [0.25, 0.3) is 0 Å². The minimum atomic E-state index is -0.0264. The van der Waals surface area contributed by atoms with Crippen molar-refractivity contribution in [2.24, 2.45) is 5.41 Å². The van der Waals surface area contributed by atoms with Gasteiger partial charge in [-0.2, -0.15) is 0 Å². The molecule has 0 N–H and O–H groups in total. The van der Waals surface area contributed by atoms with Gasteiger partial charge in [-0.1, -0.05) is 37.3 Å². The first-order chi connectivity index (χ1) is 6.28. The first-order valence-electron chi connectivity index (χ1n) is 4.80. The van der Waals surface area contributed by atoms with E-state index in [2.05, 4.69) is 19.1 Å². The topological polar surface area (TPSA) is 17.1 Å². The molecule has 1 atom stereocenters. The van der Waals surface area contributed by atoms with Crippen molar-refractivity contribution in [3.05, 3.63) is 35.9 Å². The molecule has 0 saturated heterocycles. The Morgan fingerprint density at radius 2 is 1.92 bits per heavy atom. The summed E-state index contributed by atoms with van der Waals surface area (Å²) < 4.78 is 0. The van der Waals surface area contributed by atoms with E-state index in [1.165, 1.54) is 5.56 Å². The fourth-order valence-electron chi connectivity index (χ4n) is 1.87. The van der Waals surface area contributed by atoms with Crippen LogP contribution in [0.4, 0.5) is 0 Å². The Morgan fingerprint density at radius 1 is 1.31 bits per heavy atom. The lowest BCUT2D eigenvalue weighted by Crippen LogP contribution is -2.12.